The molecule has 2 amide bonds. The SMILES string of the molecule is Cc1cccc(CN2C(=O)C(C(C)(C)C)NC(=O)C2C)c1. The van der Waals surface area contributed by atoms with Crippen molar-refractivity contribution in [3.05, 3.63) is 35.4 Å². The molecule has 0 aliphatic carbocycles. The van der Waals surface area contributed by atoms with Gasteiger partial charge in [0.1, 0.15) is 12.1 Å². The highest BCUT2D eigenvalue weighted by atomic mass is 16.2. The molecular formula is C17H24N2O2. The number of benzene rings is 1. The number of nitrogens with zero attached hydrogens (tertiary/aromatic N) is 1. The van der Waals surface area contributed by atoms with Gasteiger partial charge in [-0.3, -0.25) is 9.59 Å². The van der Waals surface area contributed by atoms with E-state index in [2.05, 4.69) is 11.4 Å². The maximum Gasteiger partial charge on any atom is 0.246 e. The van der Waals surface area contributed by atoms with E-state index in [1.165, 1.54) is 0 Å². The highest BCUT2D eigenvalue weighted by molar-refractivity contribution is 5.97. The molecule has 1 aliphatic rings. The molecule has 0 radical (unpaired) electrons. The average Bonchev–Trinajstić information content (AvgIpc) is 2.37. The van der Waals surface area contributed by atoms with Crippen LogP contribution in [0.3, 0.4) is 0 Å². The molecule has 1 aromatic carbocycles. The Balaban J connectivity index is 2.27. The Kier molecular flexibility index (Phi) is 4.08. The van der Waals surface area contributed by atoms with Crippen molar-refractivity contribution in [2.45, 2.75) is 53.2 Å². The molecule has 1 N–H and O–H groups in total. The van der Waals surface area contributed by atoms with E-state index in [9.17, 15) is 9.59 Å². The molecule has 0 saturated carbocycles. The minimum Gasteiger partial charge on any atom is -0.342 e. The van der Waals surface area contributed by atoms with Gasteiger partial charge in [-0.15, -0.1) is 0 Å². The van der Waals surface area contributed by atoms with Gasteiger partial charge < -0.3 is 10.2 Å². The Morgan fingerprint density at radius 3 is 2.48 bits per heavy atom. The van der Waals surface area contributed by atoms with Crippen molar-refractivity contribution < 1.29 is 9.59 Å². The number of hydrogen-bond acceptors (Lipinski definition) is 2. The van der Waals surface area contributed by atoms with Gasteiger partial charge in [0.2, 0.25) is 11.8 Å². The topological polar surface area (TPSA) is 49.4 Å². The van der Waals surface area contributed by atoms with Crippen molar-refractivity contribution in [3.8, 4) is 0 Å². The molecule has 0 aromatic heterocycles. The van der Waals surface area contributed by atoms with E-state index >= 15 is 0 Å². The summed E-state index contributed by atoms with van der Waals surface area (Å²) in [5, 5.41) is 2.85. The second kappa shape index (κ2) is 5.51. The number of hydrogen-bond donors (Lipinski definition) is 1. The lowest BCUT2D eigenvalue weighted by Crippen LogP contribution is -2.65. The minimum absolute atomic E-state index is 0.00361. The largest absolute Gasteiger partial charge is 0.342 e. The fraction of sp³-hybridized carbons (Fsp3) is 0.529. The molecule has 1 aliphatic heterocycles. The predicted molar refractivity (Wildman–Crippen MR) is 82.6 cm³/mol. The number of carbonyl (C=O) groups excluding carboxylic acids is 2. The Morgan fingerprint density at radius 2 is 1.90 bits per heavy atom. The maximum absolute atomic E-state index is 12.7. The van der Waals surface area contributed by atoms with Crippen LogP contribution >= 0.6 is 0 Å². The standard InChI is InChI=1S/C17H24N2O2/c1-11-7-6-8-13(9-11)10-19-12(2)15(20)18-14(16(19)21)17(3,4)5/h6-9,12,14H,10H2,1-5H3,(H,18,20). The summed E-state index contributed by atoms with van der Waals surface area (Å²) in [7, 11) is 0. The summed E-state index contributed by atoms with van der Waals surface area (Å²) < 4.78 is 0. The molecule has 2 atom stereocenters. The fourth-order valence-electron chi connectivity index (χ4n) is 2.63. The minimum atomic E-state index is -0.467. The van der Waals surface area contributed by atoms with Crippen LogP contribution in [-0.4, -0.2) is 28.8 Å². The fourth-order valence-corrected chi connectivity index (χ4v) is 2.63. The van der Waals surface area contributed by atoms with Gasteiger partial charge in [0.15, 0.2) is 0 Å². The van der Waals surface area contributed by atoms with Crippen molar-refractivity contribution in [2.24, 2.45) is 5.41 Å². The lowest BCUT2D eigenvalue weighted by molar-refractivity contribution is -0.152. The van der Waals surface area contributed by atoms with E-state index in [0.29, 0.717) is 6.54 Å². The first-order chi connectivity index (χ1) is 9.70. The van der Waals surface area contributed by atoms with Gasteiger partial charge in [0.25, 0.3) is 0 Å². The zero-order chi connectivity index (χ0) is 15.8. The van der Waals surface area contributed by atoms with Crippen LogP contribution < -0.4 is 5.32 Å². The Labute approximate surface area is 126 Å². The molecule has 1 fully saturated rings. The molecule has 1 heterocycles. The van der Waals surface area contributed by atoms with Gasteiger partial charge >= 0.3 is 0 Å². The van der Waals surface area contributed by atoms with Crippen molar-refractivity contribution in [1.82, 2.24) is 10.2 Å². The summed E-state index contributed by atoms with van der Waals surface area (Å²) >= 11 is 0. The van der Waals surface area contributed by atoms with Crippen molar-refractivity contribution >= 4 is 11.8 Å². The van der Waals surface area contributed by atoms with E-state index in [1.54, 1.807) is 11.8 Å². The average molecular weight is 288 g/mol. The zero-order valence-electron chi connectivity index (χ0n) is 13.4. The summed E-state index contributed by atoms with van der Waals surface area (Å²) in [6.45, 7) is 10.2. The van der Waals surface area contributed by atoms with Crippen LogP contribution in [0.2, 0.25) is 0 Å². The first-order valence-corrected chi connectivity index (χ1v) is 7.36. The van der Waals surface area contributed by atoms with Gasteiger partial charge in [-0.2, -0.15) is 0 Å². The van der Waals surface area contributed by atoms with Gasteiger partial charge in [-0.05, 0) is 24.8 Å². The van der Waals surface area contributed by atoms with Crippen molar-refractivity contribution in [3.63, 3.8) is 0 Å². The molecule has 1 aromatic rings. The van der Waals surface area contributed by atoms with Crippen molar-refractivity contribution in [1.29, 1.82) is 0 Å². The summed E-state index contributed by atoms with van der Waals surface area (Å²) in [4.78, 5) is 26.6. The van der Waals surface area contributed by atoms with E-state index < -0.39 is 12.1 Å². The highest BCUT2D eigenvalue weighted by Gasteiger charge is 2.43. The maximum atomic E-state index is 12.7. The monoisotopic (exact) mass is 288 g/mol. The van der Waals surface area contributed by atoms with Crippen LogP contribution in [0.5, 0.6) is 0 Å². The molecular weight excluding hydrogens is 264 g/mol. The van der Waals surface area contributed by atoms with Crippen LogP contribution in [0.25, 0.3) is 0 Å². The molecule has 4 heteroatoms. The smallest absolute Gasteiger partial charge is 0.246 e. The summed E-state index contributed by atoms with van der Waals surface area (Å²) in [6.07, 6.45) is 0. The number of piperazine rings is 1. The second-order valence-electron chi connectivity index (χ2n) is 6.94. The number of amides is 2. The van der Waals surface area contributed by atoms with Crippen LogP contribution in [0.1, 0.15) is 38.8 Å². The Bertz CT molecular complexity index is 560. The Morgan fingerprint density at radius 1 is 1.24 bits per heavy atom. The van der Waals surface area contributed by atoms with E-state index in [-0.39, 0.29) is 17.2 Å². The number of carbonyl (C=O) groups is 2. The number of aryl methyl sites for hydroxylation is 1. The van der Waals surface area contributed by atoms with Crippen LogP contribution in [0.15, 0.2) is 24.3 Å². The zero-order valence-corrected chi connectivity index (χ0v) is 13.4. The van der Waals surface area contributed by atoms with Gasteiger partial charge in [-0.1, -0.05) is 50.6 Å². The van der Waals surface area contributed by atoms with Gasteiger partial charge in [0, 0.05) is 6.54 Å². The first kappa shape index (κ1) is 15.5. The summed E-state index contributed by atoms with van der Waals surface area (Å²) in [5.74, 6) is -0.0849. The van der Waals surface area contributed by atoms with E-state index in [1.807, 2.05) is 45.9 Å². The molecule has 0 spiro atoms. The lowest BCUT2D eigenvalue weighted by Gasteiger charge is -2.42. The van der Waals surface area contributed by atoms with Crippen LogP contribution in [-0.2, 0) is 16.1 Å². The second-order valence-corrected chi connectivity index (χ2v) is 6.94. The van der Waals surface area contributed by atoms with Gasteiger partial charge in [-0.25, -0.2) is 0 Å². The highest BCUT2D eigenvalue weighted by Crippen LogP contribution is 2.26. The molecule has 21 heavy (non-hydrogen) atoms. The lowest BCUT2D eigenvalue weighted by atomic mass is 9.84. The van der Waals surface area contributed by atoms with Crippen molar-refractivity contribution in [2.75, 3.05) is 0 Å². The molecule has 0 bridgehead atoms. The third kappa shape index (κ3) is 3.26. The molecule has 2 unspecified atom stereocenters. The predicted octanol–water partition coefficient (Wildman–Crippen LogP) is 2.26. The number of nitrogens with one attached hydrogen (secondary N) is 1. The van der Waals surface area contributed by atoms with Crippen LogP contribution in [0, 0.1) is 12.3 Å². The third-order valence-corrected chi connectivity index (χ3v) is 3.97. The first-order valence-electron chi connectivity index (χ1n) is 7.36. The van der Waals surface area contributed by atoms with Crippen LogP contribution in [0.4, 0.5) is 0 Å². The third-order valence-electron chi connectivity index (χ3n) is 3.97. The normalized spacial score (nSPS) is 23.2. The molecule has 2 rings (SSSR count). The molecule has 114 valence electrons. The quantitative estimate of drug-likeness (QED) is 0.907. The van der Waals surface area contributed by atoms with E-state index in [0.717, 1.165) is 11.1 Å². The molecule has 1 saturated heterocycles. The number of rotatable bonds is 2. The van der Waals surface area contributed by atoms with Gasteiger partial charge in [0.05, 0.1) is 0 Å². The Hall–Kier alpha value is -1.84. The summed E-state index contributed by atoms with van der Waals surface area (Å²) in [6, 6.07) is 7.15. The van der Waals surface area contributed by atoms with E-state index in [4.69, 9.17) is 0 Å². The summed E-state index contributed by atoms with van der Waals surface area (Å²) in [5.41, 5.74) is 1.91. The molecule has 4 nitrogen and oxygen atoms in total.